The molecule has 1 amide bonds. The number of halogens is 2. The molecule has 0 spiro atoms. The molecule has 1 N–H and O–H groups in total. The summed E-state index contributed by atoms with van der Waals surface area (Å²) < 4.78 is 12.3. The number of ether oxygens (including phenoxy) is 2. The molecule has 5 nitrogen and oxygen atoms in total. The number of nitrogens with one attached hydrogen (secondary N) is 1. The number of carbonyl (C=O) groups is 1. The maximum atomic E-state index is 12.7. The maximum Gasteiger partial charge on any atom is 0.266 e. The zero-order valence-electron chi connectivity index (χ0n) is 19.6. The van der Waals surface area contributed by atoms with Crippen LogP contribution >= 0.6 is 27.5 Å². The van der Waals surface area contributed by atoms with Crippen LogP contribution in [0.4, 0.5) is 5.69 Å². The van der Waals surface area contributed by atoms with Gasteiger partial charge in [0.2, 0.25) is 0 Å². The topological polar surface area (TPSA) is 71.3 Å². The first kappa shape index (κ1) is 25.3. The van der Waals surface area contributed by atoms with E-state index in [1.807, 2.05) is 31.2 Å². The van der Waals surface area contributed by atoms with Crippen LogP contribution in [0.5, 0.6) is 11.5 Å². The third kappa shape index (κ3) is 5.88. The van der Waals surface area contributed by atoms with Crippen LogP contribution in [0, 0.1) is 18.3 Å². The summed E-state index contributed by atoms with van der Waals surface area (Å²) in [7, 11) is 1.54. The van der Waals surface area contributed by atoms with Gasteiger partial charge < -0.3 is 14.8 Å². The SMILES string of the molecule is COc1cc(/C=C(/C#N)C(=O)Nc2ccc(C)c(Cl)c2)cc(Br)c1OCc1ccc2ccccc2c1. The summed E-state index contributed by atoms with van der Waals surface area (Å²) >= 11 is 9.67. The fourth-order valence-corrected chi connectivity index (χ4v) is 4.39. The average molecular weight is 562 g/mol. The van der Waals surface area contributed by atoms with Crippen LogP contribution in [-0.4, -0.2) is 13.0 Å². The van der Waals surface area contributed by atoms with Gasteiger partial charge in [0.25, 0.3) is 5.91 Å². The van der Waals surface area contributed by atoms with Crippen LogP contribution in [0.15, 0.2) is 82.8 Å². The van der Waals surface area contributed by atoms with Crippen molar-refractivity contribution in [1.29, 1.82) is 5.26 Å². The smallest absolute Gasteiger partial charge is 0.266 e. The van der Waals surface area contributed by atoms with E-state index in [-0.39, 0.29) is 5.57 Å². The van der Waals surface area contributed by atoms with Crippen LogP contribution in [0.1, 0.15) is 16.7 Å². The van der Waals surface area contributed by atoms with E-state index in [4.69, 9.17) is 21.1 Å². The Morgan fingerprint density at radius 1 is 1.08 bits per heavy atom. The molecule has 7 heteroatoms. The molecule has 0 aliphatic rings. The monoisotopic (exact) mass is 560 g/mol. The summed E-state index contributed by atoms with van der Waals surface area (Å²) in [5, 5.41) is 15.1. The Bertz CT molecular complexity index is 1530. The van der Waals surface area contributed by atoms with Crippen LogP contribution in [-0.2, 0) is 11.4 Å². The van der Waals surface area contributed by atoms with E-state index in [9.17, 15) is 10.1 Å². The molecule has 0 aliphatic carbocycles. The highest BCUT2D eigenvalue weighted by Gasteiger charge is 2.15. The number of rotatable bonds is 7. The van der Waals surface area contributed by atoms with E-state index >= 15 is 0 Å². The molecular formula is C29H22BrClN2O3. The number of hydrogen-bond acceptors (Lipinski definition) is 4. The quantitative estimate of drug-likeness (QED) is 0.185. The minimum absolute atomic E-state index is 0.0644. The lowest BCUT2D eigenvalue weighted by molar-refractivity contribution is -0.112. The molecule has 0 unspecified atom stereocenters. The molecule has 0 saturated heterocycles. The molecule has 0 radical (unpaired) electrons. The normalized spacial score (nSPS) is 11.1. The molecule has 0 aromatic heterocycles. The van der Waals surface area contributed by atoms with E-state index < -0.39 is 5.91 Å². The standard InChI is InChI=1S/C29H22BrClN2O3/c1-18-7-10-24(15-26(18)31)33-29(34)23(16-32)12-20-13-25(30)28(27(14-20)35-2)36-17-19-8-9-21-5-3-4-6-22(21)11-19/h3-15H,17H2,1-2H3,(H,33,34)/b23-12-. The van der Waals surface area contributed by atoms with Crippen LogP contribution < -0.4 is 14.8 Å². The number of nitrogens with zero attached hydrogens (tertiary/aromatic N) is 1. The van der Waals surface area contributed by atoms with Crippen molar-refractivity contribution in [2.75, 3.05) is 12.4 Å². The fraction of sp³-hybridized carbons (Fsp3) is 0.103. The Balaban J connectivity index is 1.54. The second-order valence-corrected chi connectivity index (χ2v) is 9.35. The Hall–Kier alpha value is -3.79. The zero-order chi connectivity index (χ0) is 25.7. The van der Waals surface area contributed by atoms with E-state index in [0.717, 1.165) is 16.5 Å². The summed E-state index contributed by atoms with van der Waals surface area (Å²) in [5.74, 6) is 0.462. The van der Waals surface area contributed by atoms with Gasteiger partial charge in [-0.1, -0.05) is 54.1 Å². The van der Waals surface area contributed by atoms with Gasteiger partial charge in [-0.25, -0.2) is 0 Å². The van der Waals surface area contributed by atoms with Gasteiger partial charge in [-0.3, -0.25) is 4.79 Å². The maximum absolute atomic E-state index is 12.7. The summed E-state index contributed by atoms with van der Waals surface area (Å²) in [4.78, 5) is 12.7. The lowest BCUT2D eigenvalue weighted by atomic mass is 10.1. The number of nitriles is 1. The number of anilines is 1. The van der Waals surface area contributed by atoms with E-state index in [2.05, 4.69) is 45.5 Å². The molecule has 0 aliphatic heterocycles. The summed E-state index contributed by atoms with van der Waals surface area (Å²) in [6.45, 7) is 2.22. The summed E-state index contributed by atoms with van der Waals surface area (Å²) in [5.41, 5.74) is 2.96. The van der Waals surface area contributed by atoms with Gasteiger partial charge in [0.05, 0.1) is 11.6 Å². The Kier molecular flexibility index (Phi) is 7.94. The number of fused-ring (bicyclic) bond motifs is 1. The highest BCUT2D eigenvalue weighted by atomic mass is 79.9. The Morgan fingerprint density at radius 2 is 1.86 bits per heavy atom. The lowest BCUT2D eigenvalue weighted by Crippen LogP contribution is -2.13. The highest BCUT2D eigenvalue weighted by molar-refractivity contribution is 9.10. The van der Waals surface area contributed by atoms with Gasteiger partial charge in [0.1, 0.15) is 18.2 Å². The zero-order valence-corrected chi connectivity index (χ0v) is 22.0. The van der Waals surface area contributed by atoms with Crippen molar-refractivity contribution in [3.63, 3.8) is 0 Å². The summed E-state index contributed by atoms with van der Waals surface area (Å²) in [6.07, 6.45) is 1.49. The number of hydrogen-bond donors (Lipinski definition) is 1. The number of aryl methyl sites for hydroxylation is 1. The molecule has 4 aromatic carbocycles. The fourth-order valence-electron chi connectivity index (χ4n) is 3.63. The summed E-state index contributed by atoms with van der Waals surface area (Å²) in [6, 6.07) is 24.9. The predicted molar refractivity (Wildman–Crippen MR) is 147 cm³/mol. The van der Waals surface area contributed by atoms with Gasteiger partial charge in [0, 0.05) is 10.7 Å². The van der Waals surface area contributed by atoms with Crippen molar-refractivity contribution in [2.45, 2.75) is 13.5 Å². The van der Waals surface area contributed by atoms with E-state index in [1.165, 1.54) is 18.6 Å². The molecule has 0 saturated carbocycles. The van der Waals surface area contributed by atoms with Gasteiger partial charge in [0.15, 0.2) is 11.5 Å². The van der Waals surface area contributed by atoms with Gasteiger partial charge in [-0.2, -0.15) is 5.26 Å². The number of amides is 1. The van der Waals surface area contributed by atoms with Crippen molar-refractivity contribution in [1.82, 2.24) is 0 Å². The second-order valence-electron chi connectivity index (χ2n) is 8.09. The van der Waals surface area contributed by atoms with Crippen molar-refractivity contribution >= 4 is 56.0 Å². The molecule has 0 heterocycles. The largest absolute Gasteiger partial charge is 0.493 e. The molecule has 4 aromatic rings. The van der Waals surface area contributed by atoms with E-state index in [1.54, 1.807) is 30.3 Å². The molecule has 180 valence electrons. The lowest BCUT2D eigenvalue weighted by Gasteiger charge is -2.14. The number of carbonyl (C=O) groups excluding carboxylic acids is 1. The molecule has 4 rings (SSSR count). The van der Waals surface area contributed by atoms with Gasteiger partial charge in [-0.05, 0) is 86.7 Å². The minimum atomic E-state index is -0.538. The molecule has 0 fully saturated rings. The first-order valence-corrected chi connectivity index (χ1v) is 12.2. The molecule has 0 atom stereocenters. The van der Waals surface area contributed by atoms with Crippen LogP contribution in [0.3, 0.4) is 0 Å². The first-order valence-electron chi connectivity index (χ1n) is 11.0. The van der Waals surface area contributed by atoms with Crippen molar-refractivity contribution in [3.05, 3.63) is 105 Å². The third-order valence-electron chi connectivity index (χ3n) is 5.55. The third-order valence-corrected chi connectivity index (χ3v) is 6.55. The number of methoxy groups -OCH3 is 1. The van der Waals surface area contributed by atoms with E-state index in [0.29, 0.717) is 38.9 Å². The minimum Gasteiger partial charge on any atom is -0.493 e. The van der Waals surface area contributed by atoms with Crippen LogP contribution in [0.2, 0.25) is 5.02 Å². The van der Waals surface area contributed by atoms with Crippen molar-refractivity contribution in [3.8, 4) is 17.6 Å². The van der Waals surface area contributed by atoms with Crippen molar-refractivity contribution < 1.29 is 14.3 Å². The molecule has 0 bridgehead atoms. The average Bonchev–Trinajstić information content (AvgIpc) is 2.88. The van der Waals surface area contributed by atoms with Gasteiger partial charge in [-0.15, -0.1) is 0 Å². The molecular weight excluding hydrogens is 540 g/mol. The van der Waals surface area contributed by atoms with Crippen LogP contribution in [0.25, 0.3) is 16.8 Å². The Labute approximate surface area is 223 Å². The number of benzene rings is 4. The molecule has 36 heavy (non-hydrogen) atoms. The van der Waals surface area contributed by atoms with Gasteiger partial charge >= 0.3 is 0 Å². The first-order chi connectivity index (χ1) is 17.4. The Morgan fingerprint density at radius 3 is 2.58 bits per heavy atom. The highest BCUT2D eigenvalue weighted by Crippen LogP contribution is 2.38. The predicted octanol–water partition coefficient (Wildman–Crippen LogP) is 7.70. The van der Waals surface area contributed by atoms with Crippen molar-refractivity contribution in [2.24, 2.45) is 0 Å². The second kappa shape index (κ2) is 11.3.